The molecule has 3 saturated heterocycles. The van der Waals surface area contributed by atoms with Crippen molar-refractivity contribution in [1.29, 1.82) is 0 Å². The summed E-state index contributed by atoms with van der Waals surface area (Å²) < 4.78 is 30.5. The summed E-state index contributed by atoms with van der Waals surface area (Å²) in [6, 6.07) is 9.85. The van der Waals surface area contributed by atoms with Gasteiger partial charge in [-0.25, -0.2) is 0 Å². The van der Waals surface area contributed by atoms with E-state index in [9.17, 15) is 55.2 Å². The SMILES string of the molecule is CC1OC(CO)C(O)C(O)C1NC(=O)c1ccoc1.Cc1ccc(C(=O)NC2C(O)OC(CO)C(O)C2O)o1.O=C(NC1C(O)OC(CO)C(O)C1O)c1cc2ccccc2o1. The molecule has 3 aliphatic heterocycles. The van der Waals surface area contributed by atoms with Gasteiger partial charge in [-0.15, -0.1) is 0 Å². The van der Waals surface area contributed by atoms with Crippen LogP contribution >= 0.6 is 0 Å². The number of fused-ring (bicyclic) bond motifs is 1. The highest BCUT2D eigenvalue weighted by atomic mass is 16.6. The van der Waals surface area contributed by atoms with Crippen LogP contribution in [-0.2, 0) is 14.2 Å². The van der Waals surface area contributed by atoms with Crippen LogP contribution in [-0.4, -0.2) is 185 Å². The summed E-state index contributed by atoms with van der Waals surface area (Å²) in [4.78, 5) is 35.9. The summed E-state index contributed by atoms with van der Waals surface area (Å²) in [6.45, 7) is 1.79. The molecule has 4 aromatic rings. The topological polar surface area (TPSA) is 377 Å². The Hall–Kier alpha value is -4.83. The Labute approximate surface area is 351 Å². The fourth-order valence-electron chi connectivity index (χ4n) is 6.73. The largest absolute Gasteiger partial charge is 0.472 e. The number of ether oxygens (including phenoxy) is 3. The van der Waals surface area contributed by atoms with Gasteiger partial charge in [0.05, 0.1) is 43.8 Å². The van der Waals surface area contributed by atoms with Gasteiger partial charge in [0.15, 0.2) is 24.1 Å². The van der Waals surface area contributed by atoms with E-state index in [1.165, 1.54) is 30.7 Å². The average molecular weight is 882 g/mol. The van der Waals surface area contributed by atoms with Gasteiger partial charge >= 0.3 is 0 Å². The second-order valence-electron chi connectivity index (χ2n) is 14.6. The number of benzene rings is 1. The molecule has 0 aliphatic carbocycles. The maximum Gasteiger partial charge on any atom is 0.287 e. The molecule has 23 heteroatoms. The lowest BCUT2D eigenvalue weighted by Gasteiger charge is -2.41. The number of hydrogen-bond donors (Lipinski definition) is 14. The summed E-state index contributed by atoms with van der Waals surface area (Å²) in [7, 11) is 0. The molecule has 6 heterocycles. The highest BCUT2D eigenvalue weighted by Gasteiger charge is 2.46. The predicted molar refractivity (Wildman–Crippen MR) is 206 cm³/mol. The molecule has 3 aromatic heterocycles. The van der Waals surface area contributed by atoms with E-state index in [1.807, 2.05) is 0 Å². The molecule has 23 nitrogen and oxygen atoms in total. The van der Waals surface area contributed by atoms with E-state index in [4.69, 9.17) is 42.8 Å². The van der Waals surface area contributed by atoms with Crippen molar-refractivity contribution in [2.45, 2.75) is 106 Å². The van der Waals surface area contributed by atoms with Crippen molar-refractivity contribution >= 4 is 28.7 Å². The molecule has 14 N–H and O–H groups in total. The smallest absolute Gasteiger partial charge is 0.287 e. The third-order valence-corrected chi connectivity index (χ3v) is 10.3. The first-order chi connectivity index (χ1) is 29.5. The Morgan fingerprint density at radius 1 is 0.581 bits per heavy atom. The lowest BCUT2D eigenvalue weighted by atomic mass is 9.93. The van der Waals surface area contributed by atoms with E-state index >= 15 is 0 Å². The monoisotopic (exact) mass is 881 g/mol. The highest BCUT2D eigenvalue weighted by Crippen LogP contribution is 2.24. The number of amides is 3. The van der Waals surface area contributed by atoms with Crippen molar-refractivity contribution in [3.05, 3.63) is 83.9 Å². The number of aliphatic hydroxyl groups excluding tert-OH is 11. The van der Waals surface area contributed by atoms with Crippen molar-refractivity contribution in [2.75, 3.05) is 19.8 Å². The first kappa shape index (κ1) is 48.2. The van der Waals surface area contributed by atoms with Crippen molar-refractivity contribution in [1.82, 2.24) is 16.0 Å². The molecule has 0 spiro atoms. The van der Waals surface area contributed by atoms with Crippen LogP contribution in [0, 0.1) is 6.92 Å². The summed E-state index contributed by atoms with van der Waals surface area (Å²) in [6.07, 6.45) is -12.4. The molecular weight excluding hydrogens is 830 g/mol. The molecule has 3 fully saturated rings. The fourth-order valence-corrected chi connectivity index (χ4v) is 6.73. The number of para-hydroxylation sites is 1. The molecule has 15 unspecified atom stereocenters. The van der Waals surface area contributed by atoms with Gasteiger partial charge in [0, 0.05) is 5.39 Å². The molecular formula is C39H51N3O20. The minimum atomic E-state index is -1.57. The van der Waals surface area contributed by atoms with E-state index in [0.29, 0.717) is 16.9 Å². The Morgan fingerprint density at radius 3 is 1.56 bits per heavy atom. The normalized spacial score (nSPS) is 33.3. The van der Waals surface area contributed by atoms with Gasteiger partial charge in [-0.05, 0) is 44.2 Å². The Morgan fingerprint density at radius 2 is 1.08 bits per heavy atom. The predicted octanol–water partition coefficient (Wildman–Crippen LogP) is -4.04. The molecule has 62 heavy (non-hydrogen) atoms. The van der Waals surface area contributed by atoms with Gasteiger partial charge in [0.2, 0.25) is 0 Å². The van der Waals surface area contributed by atoms with Crippen LogP contribution in [0.4, 0.5) is 0 Å². The van der Waals surface area contributed by atoms with E-state index in [2.05, 4.69) is 16.0 Å². The van der Waals surface area contributed by atoms with Gasteiger partial charge in [0.25, 0.3) is 17.7 Å². The van der Waals surface area contributed by atoms with Crippen molar-refractivity contribution < 1.29 is 98.0 Å². The van der Waals surface area contributed by atoms with E-state index in [0.717, 1.165) is 5.39 Å². The van der Waals surface area contributed by atoms with E-state index < -0.39 is 129 Å². The minimum absolute atomic E-state index is 0.00405. The summed E-state index contributed by atoms with van der Waals surface area (Å²) >= 11 is 0. The van der Waals surface area contributed by atoms with Gasteiger partial charge in [-0.2, -0.15) is 0 Å². The number of rotatable bonds is 9. The van der Waals surface area contributed by atoms with Crippen LogP contribution in [0.15, 0.2) is 74.3 Å². The molecule has 3 amide bonds. The van der Waals surface area contributed by atoms with E-state index in [1.54, 1.807) is 44.2 Å². The first-order valence-electron chi connectivity index (χ1n) is 19.2. The molecule has 3 aliphatic rings. The van der Waals surface area contributed by atoms with Crippen molar-refractivity contribution in [3.8, 4) is 0 Å². The lowest BCUT2D eigenvalue weighted by Crippen LogP contribution is -2.64. The van der Waals surface area contributed by atoms with Crippen LogP contribution in [0.1, 0.15) is 44.2 Å². The van der Waals surface area contributed by atoms with Crippen LogP contribution < -0.4 is 16.0 Å². The fraction of sp³-hybridized carbons (Fsp3) is 0.513. The Kier molecular flexibility index (Phi) is 16.7. The third-order valence-electron chi connectivity index (χ3n) is 10.3. The van der Waals surface area contributed by atoms with Crippen LogP contribution in [0.5, 0.6) is 0 Å². The zero-order valence-electron chi connectivity index (χ0n) is 33.1. The molecule has 0 bridgehead atoms. The molecule has 342 valence electrons. The number of nitrogens with one attached hydrogen (secondary N) is 3. The molecule has 0 radical (unpaired) electrons. The second-order valence-corrected chi connectivity index (χ2v) is 14.6. The van der Waals surface area contributed by atoms with E-state index in [-0.39, 0.29) is 11.5 Å². The van der Waals surface area contributed by atoms with Gasteiger partial charge in [-0.3, -0.25) is 14.4 Å². The quantitative estimate of drug-likeness (QED) is 0.0761. The summed E-state index contributed by atoms with van der Waals surface area (Å²) in [5.41, 5.74) is 0.845. The number of furan rings is 3. The van der Waals surface area contributed by atoms with Crippen LogP contribution in [0.3, 0.4) is 0 Å². The second kappa shape index (κ2) is 21.5. The molecule has 0 saturated carbocycles. The van der Waals surface area contributed by atoms with Crippen molar-refractivity contribution in [2.24, 2.45) is 0 Å². The lowest BCUT2D eigenvalue weighted by molar-refractivity contribution is -0.252. The summed E-state index contributed by atoms with van der Waals surface area (Å²) in [5, 5.41) is 114. The van der Waals surface area contributed by atoms with Gasteiger partial charge in [0.1, 0.15) is 84.6 Å². The van der Waals surface area contributed by atoms with Crippen LogP contribution in [0.25, 0.3) is 11.0 Å². The zero-order valence-corrected chi connectivity index (χ0v) is 33.1. The Balaban J connectivity index is 0.000000177. The summed E-state index contributed by atoms with van der Waals surface area (Å²) in [5.74, 6) is -1.19. The molecule has 7 rings (SSSR count). The number of aryl methyl sites for hydroxylation is 1. The minimum Gasteiger partial charge on any atom is -0.472 e. The third kappa shape index (κ3) is 11.2. The van der Waals surface area contributed by atoms with Gasteiger partial charge < -0.3 is 99.6 Å². The average Bonchev–Trinajstić information content (AvgIpc) is 4.06. The zero-order chi connectivity index (χ0) is 45.4. The van der Waals surface area contributed by atoms with Gasteiger partial charge in [-0.1, -0.05) is 18.2 Å². The maximum atomic E-state index is 12.2. The maximum absolute atomic E-state index is 12.2. The number of aliphatic hydroxyl groups is 11. The first-order valence-corrected chi connectivity index (χ1v) is 19.2. The molecule has 15 atom stereocenters. The number of hydrogen-bond acceptors (Lipinski definition) is 20. The van der Waals surface area contributed by atoms with Crippen LogP contribution in [0.2, 0.25) is 0 Å². The molecule has 1 aromatic carbocycles. The number of carbonyl (C=O) groups is 3. The standard InChI is InChI=1S/C15H17NO7.C12H17NO7.C12H17NO6/c17-6-10-12(18)13(19)11(15(21)23-10)16-14(20)9-5-7-3-1-2-4-8(7)22-9;1-5-2-3-6(19-5)11(17)13-8-10(16)9(15)7(4-14)20-12(8)18;1-6-9(11(16)10(15)8(4-14)19-6)13-12(17)7-2-3-18-5-7/h1-5,10-13,15,17-19,21H,6H2,(H,16,20);2-3,7-10,12,14-16,18H,4H2,1H3,(H,13,17);2-3,5-6,8-11,14-16H,4H2,1H3,(H,13,17). The number of carbonyl (C=O) groups excluding carboxylic acids is 3. The van der Waals surface area contributed by atoms with Crippen molar-refractivity contribution in [3.63, 3.8) is 0 Å². The Bertz CT molecular complexity index is 2010. The highest BCUT2D eigenvalue weighted by molar-refractivity contribution is 5.96.